The van der Waals surface area contributed by atoms with Crippen LogP contribution >= 0.6 is 0 Å². The van der Waals surface area contributed by atoms with Crippen LogP contribution in [0.3, 0.4) is 0 Å². The summed E-state index contributed by atoms with van der Waals surface area (Å²) in [5.41, 5.74) is -0.936. The number of rotatable bonds is 0. The lowest BCUT2D eigenvalue weighted by molar-refractivity contribution is -0.149. The molecule has 0 rings (SSSR count). The normalized spacial score (nSPS) is 8.37. The van der Waals surface area contributed by atoms with Crippen molar-refractivity contribution in [2.45, 2.75) is 77.7 Å². The second-order valence-corrected chi connectivity index (χ2v) is 6.51. The number of aliphatic carboxylic acids is 2. The van der Waals surface area contributed by atoms with E-state index in [2.05, 4.69) is 9.47 Å². The van der Waals surface area contributed by atoms with Crippen LogP contribution in [0.25, 0.3) is 0 Å². The Bertz CT molecular complexity index is 383. The predicted molar refractivity (Wildman–Crippen MR) is 110 cm³/mol. The van der Waals surface area contributed by atoms with Crippen LogP contribution in [0.4, 0.5) is 0 Å². The molecule has 0 fully saturated rings. The van der Waals surface area contributed by atoms with Crippen molar-refractivity contribution in [1.29, 1.82) is 0 Å². The lowest BCUT2D eigenvalue weighted by Gasteiger charge is -2.13. The summed E-state index contributed by atoms with van der Waals surface area (Å²) < 4.78 is 8.59. The minimum absolute atomic E-state index is 0. The molecule has 0 saturated carbocycles. The van der Waals surface area contributed by atoms with Crippen molar-refractivity contribution < 1.29 is 38.9 Å². The van der Waals surface area contributed by atoms with Gasteiger partial charge in [-0.1, -0.05) is 22.3 Å². The summed E-state index contributed by atoms with van der Waals surface area (Å²) in [7, 11) is 2.75. The molecule has 27 heavy (non-hydrogen) atoms. The van der Waals surface area contributed by atoms with Gasteiger partial charge in [0.05, 0.1) is 25.0 Å². The van der Waals surface area contributed by atoms with Gasteiger partial charge < -0.3 is 19.7 Å². The lowest BCUT2D eigenvalue weighted by Crippen LogP contribution is -2.21. The van der Waals surface area contributed by atoms with Gasteiger partial charge in [-0.05, 0) is 41.5 Å². The molecule has 0 aliphatic rings. The molecule has 0 aromatic heterocycles. The van der Waals surface area contributed by atoms with Crippen LogP contribution in [-0.2, 0) is 28.7 Å². The van der Waals surface area contributed by atoms with Gasteiger partial charge in [-0.2, -0.15) is 0 Å². The Morgan fingerprint density at radius 2 is 0.852 bits per heavy atom. The monoisotopic (exact) mass is 400 g/mol. The maximum atomic E-state index is 10.6. The molecule has 0 spiro atoms. The van der Waals surface area contributed by atoms with Crippen molar-refractivity contribution in [3.8, 4) is 0 Å². The van der Waals surface area contributed by atoms with E-state index in [0.717, 1.165) is 6.92 Å². The quantitative estimate of drug-likeness (QED) is 0.569. The second-order valence-electron chi connectivity index (χ2n) is 6.51. The van der Waals surface area contributed by atoms with Crippen LogP contribution < -0.4 is 0 Å². The Morgan fingerprint density at radius 1 is 0.667 bits per heavy atom. The van der Waals surface area contributed by atoms with Gasteiger partial charge in [0.25, 0.3) is 5.97 Å². The standard InChI is InChI=1S/C6H12O2.C5H10O2.C3H6O2.C2H4O2.3CH4/c1-6(2,3)5(7)8-4;1-5(2,3)4(6)7;1-3(4)5-2;1-2(3)4;;;/h1-4H3;1-3H3,(H,6,7);1-2H3;1H3,(H,3,4);3*1H4. The van der Waals surface area contributed by atoms with Gasteiger partial charge in [0.1, 0.15) is 0 Å². The van der Waals surface area contributed by atoms with Gasteiger partial charge in [0.15, 0.2) is 0 Å². The Morgan fingerprint density at radius 3 is 0.852 bits per heavy atom. The number of esters is 2. The summed E-state index contributed by atoms with van der Waals surface area (Å²) in [6.07, 6.45) is 0. The molecular weight excluding hydrogens is 356 g/mol. The fourth-order valence-corrected chi connectivity index (χ4v) is 0.306. The highest BCUT2D eigenvalue weighted by Gasteiger charge is 2.21. The highest BCUT2D eigenvalue weighted by Crippen LogP contribution is 2.13. The smallest absolute Gasteiger partial charge is 0.310 e. The van der Waals surface area contributed by atoms with Gasteiger partial charge in [0.2, 0.25) is 0 Å². The third kappa shape index (κ3) is 59.3. The first-order valence-electron chi connectivity index (χ1n) is 6.99. The molecule has 0 aromatic rings. The van der Waals surface area contributed by atoms with Gasteiger partial charge in [-0.3, -0.25) is 19.2 Å². The number of hydrogen-bond acceptors (Lipinski definition) is 6. The summed E-state index contributed by atoms with van der Waals surface area (Å²) in [5.74, 6) is -2.00. The Kier molecular flexibility index (Phi) is 36.0. The molecule has 0 atom stereocenters. The zero-order valence-corrected chi connectivity index (χ0v) is 16.3. The Labute approximate surface area is 166 Å². The van der Waals surface area contributed by atoms with Crippen LogP contribution in [0.2, 0.25) is 0 Å². The number of carbonyl (C=O) groups excluding carboxylic acids is 2. The van der Waals surface area contributed by atoms with Gasteiger partial charge in [0, 0.05) is 13.8 Å². The molecule has 8 heteroatoms. The molecule has 2 N–H and O–H groups in total. The molecule has 0 heterocycles. The molecular formula is C19H44O8. The van der Waals surface area contributed by atoms with E-state index in [9.17, 15) is 14.4 Å². The molecule has 0 aliphatic heterocycles. The van der Waals surface area contributed by atoms with Crippen molar-refractivity contribution in [3.05, 3.63) is 0 Å². The fraction of sp³-hybridized carbons (Fsp3) is 0.789. The summed E-state index contributed by atoms with van der Waals surface area (Å²) in [5, 5.41) is 15.7. The van der Waals surface area contributed by atoms with E-state index >= 15 is 0 Å². The number of ether oxygens (including phenoxy) is 2. The average molecular weight is 401 g/mol. The topological polar surface area (TPSA) is 127 Å². The lowest BCUT2D eigenvalue weighted by atomic mass is 9.98. The van der Waals surface area contributed by atoms with Crippen molar-refractivity contribution in [3.63, 3.8) is 0 Å². The minimum Gasteiger partial charge on any atom is -0.481 e. The summed E-state index contributed by atoms with van der Waals surface area (Å²) in [4.78, 5) is 39.2. The van der Waals surface area contributed by atoms with Crippen molar-refractivity contribution in [1.82, 2.24) is 0 Å². The van der Waals surface area contributed by atoms with Crippen molar-refractivity contribution in [2.24, 2.45) is 10.8 Å². The highest BCUT2D eigenvalue weighted by atomic mass is 16.5. The largest absolute Gasteiger partial charge is 0.481 e. The third-order valence-corrected chi connectivity index (χ3v) is 1.73. The van der Waals surface area contributed by atoms with Gasteiger partial charge >= 0.3 is 17.9 Å². The molecule has 168 valence electrons. The highest BCUT2D eigenvalue weighted by molar-refractivity contribution is 5.75. The number of carbonyl (C=O) groups is 4. The average Bonchev–Trinajstić information content (AvgIpc) is 2.36. The maximum Gasteiger partial charge on any atom is 0.310 e. The van der Waals surface area contributed by atoms with Gasteiger partial charge in [-0.25, -0.2) is 0 Å². The molecule has 0 amide bonds. The second kappa shape index (κ2) is 21.9. The van der Waals surface area contributed by atoms with E-state index in [-0.39, 0.29) is 39.6 Å². The van der Waals surface area contributed by atoms with Crippen LogP contribution in [0.5, 0.6) is 0 Å². The van der Waals surface area contributed by atoms with E-state index in [1.165, 1.54) is 21.1 Å². The van der Waals surface area contributed by atoms with Crippen molar-refractivity contribution >= 4 is 23.9 Å². The van der Waals surface area contributed by atoms with Crippen LogP contribution in [0.1, 0.15) is 77.7 Å². The van der Waals surface area contributed by atoms with Crippen LogP contribution in [0, 0.1) is 10.8 Å². The number of methoxy groups -OCH3 is 2. The minimum atomic E-state index is -0.833. The van der Waals surface area contributed by atoms with E-state index in [1.54, 1.807) is 20.8 Å². The predicted octanol–water partition coefficient (Wildman–Crippen LogP) is 4.50. The number of carboxylic acid groups (broad SMARTS) is 2. The zero-order valence-electron chi connectivity index (χ0n) is 16.3. The zero-order chi connectivity index (χ0) is 20.7. The van der Waals surface area contributed by atoms with Crippen LogP contribution in [0.15, 0.2) is 0 Å². The van der Waals surface area contributed by atoms with E-state index in [4.69, 9.17) is 15.0 Å². The molecule has 0 bridgehead atoms. The SMILES string of the molecule is C.C.C.CC(=O)O.CC(C)(C)C(=O)O.COC(=O)C(C)(C)C.COC(C)=O. The van der Waals surface area contributed by atoms with Gasteiger partial charge in [-0.15, -0.1) is 0 Å². The summed E-state index contributed by atoms with van der Waals surface area (Å²) >= 11 is 0. The third-order valence-electron chi connectivity index (χ3n) is 1.73. The maximum absolute atomic E-state index is 10.6. The molecule has 0 saturated heterocycles. The summed E-state index contributed by atoms with van der Waals surface area (Å²) in [6.45, 7) is 12.9. The number of hydrogen-bond donors (Lipinski definition) is 2. The van der Waals surface area contributed by atoms with E-state index in [1.807, 2.05) is 20.8 Å². The first kappa shape index (κ1) is 44.4. The molecule has 0 radical (unpaired) electrons. The first-order chi connectivity index (χ1) is 10.4. The Hall–Kier alpha value is -2.12. The Balaban J connectivity index is -0.0000000392. The van der Waals surface area contributed by atoms with E-state index in [0.29, 0.717) is 0 Å². The molecule has 0 aromatic carbocycles. The van der Waals surface area contributed by atoms with E-state index < -0.39 is 17.4 Å². The molecule has 8 nitrogen and oxygen atoms in total. The van der Waals surface area contributed by atoms with Crippen LogP contribution in [-0.4, -0.2) is 48.3 Å². The first-order valence-corrected chi connectivity index (χ1v) is 6.99. The molecule has 0 unspecified atom stereocenters. The number of carboxylic acids is 2. The molecule has 0 aliphatic carbocycles. The summed E-state index contributed by atoms with van der Waals surface area (Å²) in [6, 6.07) is 0. The van der Waals surface area contributed by atoms with Crippen molar-refractivity contribution in [2.75, 3.05) is 14.2 Å². The fourth-order valence-electron chi connectivity index (χ4n) is 0.306.